The van der Waals surface area contributed by atoms with E-state index in [1.165, 1.54) is 0 Å². The van der Waals surface area contributed by atoms with Gasteiger partial charge >= 0.3 is 11.9 Å². The van der Waals surface area contributed by atoms with Gasteiger partial charge in [-0.25, -0.2) is 0 Å². The fourth-order valence-electron chi connectivity index (χ4n) is 1.45. The fraction of sp³-hybridized carbons (Fsp3) is 0.846. The Morgan fingerprint density at radius 1 is 1.12 bits per heavy atom. The van der Waals surface area contributed by atoms with Crippen molar-refractivity contribution in [1.29, 1.82) is 0 Å². The molecule has 0 aromatic heterocycles. The molecule has 100 valence electrons. The van der Waals surface area contributed by atoms with Crippen LogP contribution in [0.1, 0.15) is 47.5 Å². The topological polar surface area (TPSA) is 52.6 Å². The molecule has 0 spiro atoms. The van der Waals surface area contributed by atoms with E-state index in [1.807, 2.05) is 20.8 Å². The predicted octanol–water partition coefficient (Wildman–Crippen LogP) is 2.56. The van der Waals surface area contributed by atoms with E-state index in [0.717, 1.165) is 0 Å². The van der Waals surface area contributed by atoms with Gasteiger partial charge in [0.1, 0.15) is 0 Å². The third-order valence-electron chi connectivity index (χ3n) is 3.12. The standard InChI is InChI=1S/C13H24O4/c1-6-16-11(14)9-8-10(3)13(4,5)12(15)17-7-2/h10H,6-9H2,1-5H3. The summed E-state index contributed by atoms with van der Waals surface area (Å²) in [5.41, 5.74) is -0.567. The summed E-state index contributed by atoms with van der Waals surface area (Å²) in [5.74, 6) is -0.346. The molecule has 1 unspecified atom stereocenters. The summed E-state index contributed by atoms with van der Waals surface area (Å²) >= 11 is 0. The lowest BCUT2D eigenvalue weighted by molar-refractivity contribution is -0.157. The summed E-state index contributed by atoms with van der Waals surface area (Å²) < 4.78 is 9.88. The Morgan fingerprint density at radius 3 is 2.12 bits per heavy atom. The first-order valence-electron chi connectivity index (χ1n) is 6.19. The van der Waals surface area contributed by atoms with Crippen molar-refractivity contribution in [2.24, 2.45) is 11.3 Å². The van der Waals surface area contributed by atoms with Crippen LogP contribution in [0, 0.1) is 11.3 Å². The monoisotopic (exact) mass is 244 g/mol. The maximum absolute atomic E-state index is 11.7. The van der Waals surface area contributed by atoms with Gasteiger partial charge < -0.3 is 9.47 Å². The van der Waals surface area contributed by atoms with Gasteiger partial charge in [-0.15, -0.1) is 0 Å². The number of rotatable bonds is 7. The Balaban J connectivity index is 4.24. The van der Waals surface area contributed by atoms with Gasteiger partial charge in [-0.3, -0.25) is 9.59 Å². The first kappa shape index (κ1) is 15.9. The SMILES string of the molecule is CCOC(=O)CCC(C)C(C)(C)C(=O)OCC. The summed E-state index contributed by atoms with van der Waals surface area (Å²) in [6.45, 7) is 10.0. The summed E-state index contributed by atoms with van der Waals surface area (Å²) in [6.07, 6.45) is 0.975. The molecule has 0 saturated heterocycles. The first-order valence-corrected chi connectivity index (χ1v) is 6.19. The van der Waals surface area contributed by atoms with Crippen molar-refractivity contribution in [3.63, 3.8) is 0 Å². The molecule has 0 fully saturated rings. The van der Waals surface area contributed by atoms with Gasteiger partial charge in [0.25, 0.3) is 0 Å². The molecule has 0 N–H and O–H groups in total. The number of ether oxygens (including phenoxy) is 2. The van der Waals surface area contributed by atoms with E-state index >= 15 is 0 Å². The fourth-order valence-corrected chi connectivity index (χ4v) is 1.45. The average Bonchev–Trinajstić information content (AvgIpc) is 2.26. The van der Waals surface area contributed by atoms with Gasteiger partial charge in [0.05, 0.1) is 18.6 Å². The molecular formula is C13H24O4. The van der Waals surface area contributed by atoms with Crippen LogP contribution in [0.25, 0.3) is 0 Å². The lowest BCUT2D eigenvalue weighted by atomic mass is 9.77. The maximum atomic E-state index is 11.7. The highest BCUT2D eigenvalue weighted by molar-refractivity contribution is 5.76. The minimum atomic E-state index is -0.567. The van der Waals surface area contributed by atoms with Crippen LogP contribution >= 0.6 is 0 Å². The molecule has 0 aliphatic carbocycles. The molecule has 0 saturated carbocycles. The average molecular weight is 244 g/mol. The van der Waals surface area contributed by atoms with Crippen LogP contribution in [0.5, 0.6) is 0 Å². The zero-order valence-electron chi connectivity index (χ0n) is 11.5. The number of esters is 2. The second-order valence-corrected chi connectivity index (χ2v) is 4.69. The van der Waals surface area contributed by atoms with Crippen LogP contribution in [-0.4, -0.2) is 25.2 Å². The Labute approximate surface area is 104 Å². The Kier molecular flexibility index (Phi) is 6.85. The highest BCUT2D eigenvalue weighted by Gasteiger charge is 2.35. The smallest absolute Gasteiger partial charge is 0.311 e. The Hall–Kier alpha value is -1.06. The second-order valence-electron chi connectivity index (χ2n) is 4.69. The highest BCUT2D eigenvalue weighted by Crippen LogP contribution is 2.31. The summed E-state index contributed by atoms with van der Waals surface area (Å²) in [5, 5.41) is 0. The number of hydrogen-bond donors (Lipinski definition) is 0. The quantitative estimate of drug-likeness (QED) is 0.646. The second kappa shape index (κ2) is 7.30. The molecule has 0 aliphatic heterocycles. The van der Waals surface area contributed by atoms with Crippen LogP contribution in [0.2, 0.25) is 0 Å². The summed E-state index contributed by atoms with van der Waals surface area (Å²) in [6, 6.07) is 0. The number of hydrogen-bond acceptors (Lipinski definition) is 4. The van der Waals surface area contributed by atoms with Crippen molar-refractivity contribution in [3.05, 3.63) is 0 Å². The zero-order valence-corrected chi connectivity index (χ0v) is 11.5. The Bertz CT molecular complexity index is 258. The van der Waals surface area contributed by atoms with Crippen LogP contribution in [-0.2, 0) is 19.1 Å². The van der Waals surface area contributed by atoms with E-state index in [9.17, 15) is 9.59 Å². The maximum Gasteiger partial charge on any atom is 0.311 e. The van der Waals surface area contributed by atoms with Crippen molar-refractivity contribution < 1.29 is 19.1 Å². The summed E-state index contributed by atoms with van der Waals surface area (Å²) in [4.78, 5) is 23.0. The van der Waals surface area contributed by atoms with Gasteiger partial charge in [-0.1, -0.05) is 6.92 Å². The molecule has 0 rings (SSSR count). The van der Waals surface area contributed by atoms with Gasteiger partial charge in [0.15, 0.2) is 0 Å². The lowest BCUT2D eigenvalue weighted by Crippen LogP contribution is -2.33. The number of carbonyl (C=O) groups is 2. The third-order valence-corrected chi connectivity index (χ3v) is 3.12. The molecule has 4 nitrogen and oxygen atoms in total. The zero-order chi connectivity index (χ0) is 13.5. The minimum absolute atomic E-state index is 0.0750. The largest absolute Gasteiger partial charge is 0.466 e. The molecule has 0 aromatic rings. The highest BCUT2D eigenvalue weighted by atomic mass is 16.5. The van der Waals surface area contributed by atoms with E-state index in [-0.39, 0.29) is 17.9 Å². The van der Waals surface area contributed by atoms with Crippen LogP contribution < -0.4 is 0 Å². The molecule has 17 heavy (non-hydrogen) atoms. The number of carbonyl (C=O) groups excluding carboxylic acids is 2. The van der Waals surface area contributed by atoms with Crippen molar-refractivity contribution >= 4 is 11.9 Å². The minimum Gasteiger partial charge on any atom is -0.466 e. The molecule has 0 heterocycles. The molecular weight excluding hydrogens is 220 g/mol. The van der Waals surface area contributed by atoms with E-state index in [2.05, 4.69) is 0 Å². The third kappa shape index (κ3) is 5.20. The van der Waals surface area contributed by atoms with Crippen LogP contribution in [0.15, 0.2) is 0 Å². The lowest BCUT2D eigenvalue weighted by Gasteiger charge is -2.29. The normalized spacial score (nSPS) is 13.0. The van der Waals surface area contributed by atoms with Crippen molar-refractivity contribution in [2.75, 3.05) is 13.2 Å². The molecule has 0 aromatic carbocycles. The molecule has 1 atom stereocenters. The molecule has 0 bridgehead atoms. The van der Waals surface area contributed by atoms with Crippen LogP contribution in [0.3, 0.4) is 0 Å². The Morgan fingerprint density at radius 2 is 1.65 bits per heavy atom. The van der Waals surface area contributed by atoms with Gasteiger partial charge in [0, 0.05) is 6.42 Å². The van der Waals surface area contributed by atoms with Gasteiger partial charge in [-0.05, 0) is 40.0 Å². The summed E-state index contributed by atoms with van der Waals surface area (Å²) in [7, 11) is 0. The van der Waals surface area contributed by atoms with E-state index in [4.69, 9.17) is 9.47 Å². The van der Waals surface area contributed by atoms with Crippen molar-refractivity contribution in [2.45, 2.75) is 47.5 Å². The van der Waals surface area contributed by atoms with Crippen LogP contribution in [0.4, 0.5) is 0 Å². The molecule has 4 heteroatoms. The van der Waals surface area contributed by atoms with E-state index in [0.29, 0.717) is 26.1 Å². The van der Waals surface area contributed by atoms with Crippen molar-refractivity contribution in [1.82, 2.24) is 0 Å². The van der Waals surface area contributed by atoms with Gasteiger partial charge in [-0.2, -0.15) is 0 Å². The molecule has 0 radical (unpaired) electrons. The predicted molar refractivity (Wildman–Crippen MR) is 65.4 cm³/mol. The van der Waals surface area contributed by atoms with E-state index < -0.39 is 5.41 Å². The van der Waals surface area contributed by atoms with Gasteiger partial charge in [0.2, 0.25) is 0 Å². The first-order chi connectivity index (χ1) is 7.86. The van der Waals surface area contributed by atoms with E-state index in [1.54, 1.807) is 13.8 Å². The van der Waals surface area contributed by atoms with Crippen molar-refractivity contribution in [3.8, 4) is 0 Å². The molecule has 0 aliphatic rings. The molecule has 0 amide bonds.